The molecule has 0 aromatic carbocycles. The fourth-order valence-electron chi connectivity index (χ4n) is 1.66. The zero-order chi connectivity index (χ0) is 13.9. The van der Waals surface area contributed by atoms with Crippen molar-refractivity contribution in [1.82, 2.24) is 10.3 Å². The molecule has 0 aliphatic carbocycles. The van der Waals surface area contributed by atoms with E-state index in [1.165, 1.54) is 4.88 Å². The maximum absolute atomic E-state index is 11.6. The van der Waals surface area contributed by atoms with Gasteiger partial charge < -0.3 is 4.74 Å². The summed E-state index contributed by atoms with van der Waals surface area (Å²) >= 11 is 1.66. The van der Waals surface area contributed by atoms with Crippen molar-refractivity contribution in [3.63, 3.8) is 0 Å². The van der Waals surface area contributed by atoms with Gasteiger partial charge in [-0.15, -0.1) is 11.3 Å². The van der Waals surface area contributed by atoms with E-state index in [1.807, 2.05) is 41.5 Å². The van der Waals surface area contributed by atoms with Gasteiger partial charge in [-0.25, -0.2) is 4.98 Å². The van der Waals surface area contributed by atoms with Crippen LogP contribution in [0.5, 0.6) is 0 Å². The van der Waals surface area contributed by atoms with E-state index in [0.717, 1.165) is 10.7 Å². The highest BCUT2D eigenvalue weighted by Crippen LogP contribution is 2.24. The normalized spacial score (nSPS) is 13.4. The van der Waals surface area contributed by atoms with Crippen molar-refractivity contribution in [2.45, 2.75) is 53.2 Å². The maximum atomic E-state index is 11.6. The summed E-state index contributed by atoms with van der Waals surface area (Å²) in [6, 6.07) is 0.115. The van der Waals surface area contributed by atoms with E-state index in [-0.39, 0.29) is 18.6 Å². The molecule has 0 aliphatic heterocycles. The number of carbonyl (C=O) groups excluding carboxylic acids is 1. The lowest BCUT2D eigenvalue weighted by atomic mass is 10.2. The second-order valence-electron chi connectivity index (χ2n) is 5.37. The molecule has 1 aromatic rings. The molecule has 1 unspecified atom stereocenters. The van der Waals surface area contributed by atoms with Crippen molar-refractivity contribution in [2.24, 2.45) is 0 Å². The lowest BCUT2D eigenvalue weighted by Crippen LogP contribution is -2.32. The van der Waals surface area contributed by atoms with Gasteiger partial charge in [0.05, 0.1) is 17.2 Å². The summed E-state index contributed by atoms with van der Waals surface area (Å²) in [5.41, 5.74) is 0.598. The fourth-order valence-corrected chi connectivity index (χ4v) is 2.61. The number of rotatable bonds is 4. The van der Waals surface area contributed by atoms with Crippen LogP contribution in [0.4, 0.5) is 0 Å². The summed E-state index contributed by atoms with van der Waals surface area (Å²) in [5, 5.41) is 4.22. The molecule has 0 saturated carbocycles. The molecule has 0 spiro atoms. The number of nitrogens with zero attached hydrogens (tertiary/aromatic N) is 1. The molecule has 1 aromatic heterocycles. The quantitative estimate of drug-likeness (QED) is 0.855. The smallest absolute Gasteiger partial charge is 0.320 e. The van der Waals surface area contributed by atoms with Crippen LogP contribution in [0.2, 0.25) is 0 Å². The Labute approximate surface area is 113 Å². The van der Waals surface area contributed by atoms with Crippen molar-refractivity contribution in [3.8, 4) is 0 Å². The Morgan fingerprint density at radius 1 is 1.44 bits per heavy atom. The first-order valence-corrected chi connectivity index (χ1v) is 6.90. The van der Waals surface area contributed by atoms with Gasteiger partial charge in [0.2, 0.25) is 0 Å². The fraction of sp³-hybridized carbons (Fsp3) is 0.692. The Morgan fingerprint density at radius 3 is 2.50 bits per heavy atom. The summed E-state index contributed by atoms with van der Waals surface area (Å²) < 4.78 is 5.25. The van der Waals surface area contributed by atoms with Gasteiger partial charge in [-0.05, 0) is 41.5 Å². The Kier molecular flexibility index (Phi) is 4.87. The number of nitrogens with one attached hydrogen (secondary N) is 1. The van der Waals surface area contributed by atoms with Crippen molar-refractivity contribution < 1.29 is 9.53 Å². The van der Waals surface area contributed by atoms with Gasteiger partial charge in [-0.3, -0.25) is 10.1 Å². The molecule has 0 bridgehead atoms. The Hall–Kier alpha value is -0.940. The van der Waals surface area contributed by atoms with Crippen molar-refractivity contribution in [2.75, 3.05) is 6.54 Å². The van der Waals surface area contributed by atoms with Crippen LogP contribution >= 0.6 is 11.3 Å². The molecule has 5 heteroatoms. The second-order valence-corrected chi connectivity index (χ2v) is 6.61. The molecule has 1 heterocycles. The van der Waals surface area contributed by atoms with E-state index in [1.54, 1.807) is 11.3 Å². The first-order valence-electron chi connectivity index (χ1n) is 6.08. The number of hydrogen-bond acceptors (Lipinski definition) is 5. The summed E-state index contributed by atoms with van der Waals surface area (Å²) in [7, 11) is 0. The van der Waals surface area contributed by atoms with Gasteiger partial charge in [0.25, 0.3) is 0 Å². The third-order valence-electron chi connectivity index (χ3n) is 2.31. The van der Waals surface area contributed by atoms with Crippen LogP contribution in [0.15, 0.2) is 0 Å². The molecule has 1 rings (SSSR count). The summed E-state index contributed by atoms with van der Waals surface area (Å²) in [4.78, 5) is 17.1. The average Bonchev–Trinajstić information content (AvgIpc) is 2.52. The lowest BCUT2D eigenvalue weighted by Gasteiger charge is -2.20. The van der Waals surface area contributed by atoms with Crippen LogP contribution in [-0.4, -0.2) is 23.1 Å². The molecule has 0 amide bonds. The maximum Gasteiger partial charge on any atom is 0.320 e. The summed E-state index contributed by atoms with van der Waals surface area (Å²) in [6.45, 7) is 11.8. The van der Waals surface area contributed by atoms with Crippen LogP contribution < -0.4 is 5.32 Å². The molecule has 0 fully saturated rings. The van der Waals surface area contributed by atoms with E-state index >= 15 is 0 Å². The zero-order valence-electron chi connectivity index (χ0n) is 12.0. The second kappa shape index (κ2) is 5.80. The van der Waals surface area contributed by atoms with Gasteiger partial charge in [0.1, 0.15) is 5.60 Å². The number of aromatic nitrogens is 1. The van der Waals surface area contributed by atoms with E-state index in [4.69, 9.17) is 4.74 Å². The third-order valence-corrected chi connectivity index (χ3v) is 3.56. The minimum Gasteiger partial charge on any atom is -0.459 e. The van der Waals surface area contributed by atoms with Gasteiger partial charge in [-0.1, -0.05) is 0 Å². The third kappa shape index (κ3) is 4.74. The highest BCUT2D eigenvalue weighted by atomic mass is 32.1. The Balaban J connectivity index is 2.49. The summed E-state index contributed by atoms with van der Waals surface area (Å²) in [5.74, 6) is -0.228. The number of ether oxygens (including phenoxy) is 1. The molecule has 102 valence electrons. The van der Waals surface area contributed by atoms with Gasteiger partial charge in [-0.2, -0.15) is 0 Å². The Bertz CT molecular complexity index is 421. The molecule has 1 atom stereocenters. The van der Waals surface area contributed by atoms with Gasteiger partial charge >= 0.3 is 5.97 Å². The largest absolute Gasteiger partial charge is 0.459 e. The molecule has 18 heavy (non-hydrogen) atoms. The van der Waals surface area contributed by atoms with E-state index in [9.17, 15) is 4.79 Å². The number of thiazole rings is 1. The zero-order valence-corrected chi connectivity index (χ0v) is 12.8. The highest BCUT2D eigenvalue weighted by molar-refractivity contribution is 7.11. The number of esters is 1. The van der Waals surface area contributed by atoms with Crippen LogP contribution in [0.25, 0.3) is 0 Å². The predicted molar refractivity (Wildman–Crippen MR) is 73.9 cm³/mol. The molecular weight excluding hydrogens is 248 g/mol. The van der Waals surface area contributed by atoms with Gasteiger partial charge in [0.15, 0.2) is 0 Å². The highest BCUT2D eigenvalue weighted by Gasteiger charge is 2.18. The molecular formula is C13H22N2O2S. The van der Waals surface area contributed by atoms with Crippen molar-refractivity contribution >= 4 is 17.3 Å². The minimum absolute atomic E-state index is 0.115. The number of hydrogen-bond donors (Lipinski definition) is 1. The molecule has 0 radical (unpaired) electrons. The van der Waals surface area contributed by atoms with E-state index in [2.05, 4.69) is 10.3 Å². The Morgan fingerprint density at radius 2 is 2.06 bits per heavy atom. The standard InChI is InChI=1S/C13H22N2O2S/c1-8(12-9(2)15-10(3)18-12)14-7-11(16)17-13(4,5)6/h8,14H,7H2,1-6H3. The van der Waals surface area contributed by atoms with Crippen LogP contribution in [0, 0.1) is 13.8 Å². The first kappa shape index (κ1) is 15.1. The lowest BCUT2D eigenvalue weighted by molar-refractivity contribution is -0.153. The monoisotopic (exact) mass is 270 g/mol. The topological polar surface area (TPSA) is 51.2 Å². The van der Waals surface area contributed by atoms with Crippen LogP contribution in [-0.2, 0) is 9.53 Å². The SMILES string of the molecule is Cc1nc(C)c(C(C)NCC(=O)OC(C)(C)C)s1. The van der Waals surface area contributed by atoms with Crippen molar-refractivity contribution in [1.29, 1.82) is 0 Å². The van der Waals surface area contributed by atoms with Crippen LogP contribution in [0.1, 0.15) is 49.3 Å². The predicted octanol–water partition coefficient (Wildman–Crippen LogP) is 2.75. The number of carbonyl (C=O) groups is 1. The molecule has 1 N–H and O–H groups in total. The number of aryl methyl sites for hydroxylation is 2. The van der Waals surface area contributed by atoms with E-state index in [0.29, 0.717) is 0 Å². The molecule has 0 aliphatic rings. The van der Waals surface area contributed by atoms with E-state index < -0.39 is 5.60 Å². The van der Waals surface area contributed by atoms with Gasteiger partial charge in [0, 0.05) is 10.9 Å². The van der Waals surface area contributed by atoms with Crippen molar-refractivity contribution in [3.05, 3.63) is 15.6 Å². The summed E-state index contributed by atoms with van der Waals surface area (Å²) in [6.07, 6.45) is 0. The van der Waals surface area contributed by atoms with Crippen LogP contribution in [0.3, 0.4) is 0 Å². The molecule has 0 saturated heterocycles. The molecule has 4 nitrogen and oxygen atoms in total. The first-order chi connectivity index (χ1) is 8.19. The minimum atomic E-state index is -0.432. The average molecular weight is 270 g/mol.